The molecular weight excluding hydrogens is 428 g/mol. The van der Waals surface area contributed by atoms with Gasteiger partial charge in [0.15, 0.2) is 12.2 Å². The molecule has 0 aliphatic heterocycles. The summed E-state index contributed by atoms with van der Waals surface area (Å²) in [4.78, 5) is 31.7. The van der Waals surface area contributed by atoms with E-state index in [1.807, 2.05) is 78.9 Å². The van der Waals surface area contributed by atoms with Crippen LogP contribution in [0.5, 0.6) is 0 Å². The van der Waals surface area contributed by atoms with Crippen LogP contribution in [-0.2, 0) is 16.1 Å². The summed E-state index contributed by atoms with van der Waals surface area (Å²) in [5.74, 6) is -0.432. The van der Waals surface area contributed by atoms with Gasteiger partial charge in [-0.3, -0.25) is 4.79 Å². The van der Waals surface area contributed by atoms with Gasteiger partial charge in [0, 0.05) is 24.5 Å². The van der Waals surface area contributed by atoms with Crippen LogP contribution in [0.3, 0.4) is 0 Å². The number of ether oxygens (including phenoxy) is 1. The van der Waals surface area contributed by atoms with Gasteiger partial charge in [-0.1, -0.05) is 66.7 Å². The molecule has 34 heavy (non-hydrogen) atoms. The third-order valence-electron chi connectivity index (χ3n) is 5.66. The molecule has 1 heterocycles. The Hall–Kier alpha value is -4.45. The number of aromatic nitrogens is 1. The Labute approximate surface area is 196 Å². The van der Waals surface area contributed by atoms with Crippen LogP contribution in [0.25, 0.3) is 33.3 Å². The Morgan fingerprint density at radius 3 is 2.41 bits per heavy atom. The number of esters is 1. The Morgan fingerprint density at radius 1 is 0.882 bits per heavy atom. The zero-order valence-corrected chi connectivity index (χ0v) is 18.6. The van der Waals surface area contributed by atoms with Crippen molar-refractivity contribution in [2.75, 3.05) is 13.7 Å². The number of fused-ring (bicyclic) bond motifs is 2. The number of nitrogens with zero attached hydrogens (tertiary/aromatic N) is 2. The highest BCUT2D eigenvalue weighted by Crippen LogP contribution is 2.33. The second-order valence-electron chi connectivity index (χ2n) is 8.01. The first-order chi connectivity index (χ1) is 16.6. The largest absolute Gasteiger partial charge is 0.452 e. The van der Waals surface area contributed by atoms with Crippen molar-refractivity contribution in [3.63, 3.8) is 0 Å². The molecule has 4 aromatic carbocycles. The van der Waals surface area contributed by atoms with E-state index in [-0.39, 0.29) is 12.5 Å². The van der Waals surface area contributed by atoms with E-state index in [4.69, 9.17) is 9.15 Å². The Balaban J connectivity index is 1.40. The average Bonchev–Trinajstić information content (AvgIpc) is 3.31. The molecule has 6 heteroatoms. The number of carbonyl (C=O) groups excluding carboxylic acids is 2. The monoisotopic (exact) mass is 450 g/mol. The molecule has 0 fully saturated rings. The topological polar surface area (TPSA) is 72.6 Å². The molecule has 0 saturated carbocycles. The minimum Gasteiger partial charge on any atom is -0.452 e. The fourth-order valence-electron chi connectivity index (χ4n) is 3.94. The highest BCUT2D eigenvalue weighted by molar-refractivity contribution is 6.10. The smallest absolute Gasteiger partial charge is 0.339 e. The minimum atomic E-state index is -0.573. The molecule has 6 nitrogen and oxygen atoms in total. The molecule has 0 aliphatic rings. The van der Waals surface area contributed by atoms with Crippen LogP contribution in [0.15, 0.2) is 95.4 Å². The van der Waals surface area contributed by atoms with Gasteiger partial charge in [-0.15, -0.1) is 0 Å². The van der Waals surface area contributed by atoms with E-state index in [9.17, 15) is 9.59 Å². The van der Waals surface area contributed by atoms with E-state index in [0.29, 0.717) is 34.5 Å². The van der Waals surface area contributed by atoms with Crippen molar-refractivity contribution in [3.05, 3.63) is 102 Å². The predicted octanol–water partition coefficient (Wildman–Crippen LogP) is 5.46. The van der Waals surface area contributed by atoms with Gasteiger partial charge >= 0.3 is 5.97 Å². The summed E-state index contributed by atoms with van der Waals surface area (Å²) < 4.78 is 11.4. The van der Waals surface area contributed by atoms with Crippen LogP contribution < -0.4 is 0 Å². The number of carbonyl (C=O) groups is 2. The van der Waals surface area contributed by atoms with E-state index in [1.54, 1.807) is 19.2 Å². The third kappa shape index (κ3) is 4.26. The lowest BCUT2D eigenvalue weighted by Gasteiger charge is -2.17. The number of rotatable bonds is 6. The lowest BCUT2D eigenvalue weighted by Crippen LogP contribution is -2.30. The molecule has 0 saturated heterocycles. The van der Waals surface area contributed by atoms with Crippen molar-refractivity contribution in [3.8, 4) is 11.5 Å². The van der Waals surface area contributed by atoms with E-state index in [2.05, 4.69) is 4.98 Å². The van der Waals surface area contributed by atoms with Crippen LogP contribution in [-0.4, -0.2) is 35.4 Å². The molecule has 0 atom stereocenters. The normalized spacial score (nSPS) is 11.0. The van der Waals surface area contributed by atoms with Crippen molar-refractivity contribution < 1.29 is 18.7 Å². The maximum absolute atomic E-state index is 13.1. The van der Waals surface area contributed by atoms with Crippen LogP contribution in [0.4, 0.5) is 0 Å². The Bertz CT molecular complexity index is 1450. The van der Waals surface area contributed by atoms with Crippen LogP contribution in [0.1, 0.15) is 15.9 Å². The molecule has 1 amide bonds. The standard InChI is InChI=1S/C28H22N2O4/c1-30(17-19-9-3-2-4-10-19)25(31)18-33-28(32)22-14-8-12-20-11-7-13-21(26(20)22)27-29-23-15-5-6-16-24(23)34-27/h2-16H,17-18H2,1H3. The van der Waals surface area contributed by atoms with Gasteiger partial charge in [0.05, 0.1) is 5.56 Å². The van der Waals surface area contributed by atoms with Crippen LogP contribution in [0, 0.1) is 0 Å². The van der Waals surface area contributed by atoms with Crippen molar-refractivity contribution in [2.45, 2.75) is 6.54 Å². The molecule has 0 spiro atoms. The lowest BCUT2D eigenvalue weighted by atomic mass is 9.99. The fourth-order valence-corrected chi connectivity index (χ4v) is 3.94. The number of hydrogen-bond acceptors (Lipinski definition) is 5. The average molecular weight is 450 g/mol. The quantitative estimate of drug-likeness (QED) is 0.321. The molecule has 0 radical (unpaired) electrons. The van der Waals surface area contributed by atoms with E-state index in [1.165, 1.54) is 4.90 Å². The van der Waals surface area contributed by atoms with Crippen LogP contribution in [0.2, 0.25) is 0 Å². The van der Waals surface area contributed by atoms with Crippen molar-refractivity contribution in [2.24, 2.45) is 0 Å². The van der Waals surface area contributed by atoms with Crippen LogP contribution >= 0.6 is 0 Å². The maximum atomic E-state index is 13.1. The fraction of sp³-hybridized carbons (Fsp3) is 0.107. The van der Waals surface area contributed by atoms with E-state index >= 15 is 0 Å². The molecule has 0 bridgehead atoms. The molecule has 0 unspecified atom stereocenters. The van der Waals surface area contributed by atoms with E-state index in [0.717, 1.165) is 16.5 Å². The number of amides is 1. The molecule has 0 aliphatic carbocycles. The summed E-state index contributed by atoms with van der Waals surface area (Å²) >= 11 is 0. The van der Waals surface area contributed by atoms with E-state index < -0.39 is 5.97 Å². The summed E-state index contributed by atoms with van der Waals surface area (Å²) in [6, 6.07) is 28.2. The Kier molecular flexibility index (Phi) is 5.79. The predicted molar refractivity (Wildman–Crippen MR) is 130 cm³/mol. The van der Waals surface area contributed by atoms with Gasteiger partial charge in [-0.05, 0) is 35.2 Å². The summed E-state index contributed by atoms with van der Waals surface area (Å²) in [5, 5.41) is 1.52. The molecule has 0 N–H and O–H groups in total. The maximum Gasteiger partial charge on any atom is 0.339 e. The van der Waals surface area contributed by atoms with Gasteiger partial charge in [-0.25, -0.2) is 9.78 Å². The molecule has 168 valence electrons. The first kappa shape index (κ1) is 21.4. The van der Waals surface area contributed by atoms with Gasteiger partial charge in [0.2, 0.25) is 5.89 Å². The lowest BCUT2D eigenvalue weighted by molar-refractivity contribution is -0.133. The third-order valence-corrected chi connectivity index (χ3v) is 5.66. The second-order valence-corrected chi connectivity index (χ2v) is 8.01. The Morgan fingerprint density at radius 2 is 1.62 bits per heavy atom. The molecule has 1 aromatic heterocycles. The van der Waals surface area contributed by atoms with Crippen molar-refractivity contribution in [1.82, 2.24) is 9.88 Å². The summed E-state index contributed by atoms with van der Waals surface area (Å²) in [5.41, 5.74) is 3.45. The van der Waals surface area contributed by atoms with Gasteiger partial charge in [0.25, 0.3) is 5.91 Å². The van der Waals surface area contributed by atoms with Crippen molar-refractivity contribution >= 4 is 33.7 Å². The molecular formula is C28H22N2O4. The van der Waals surface area contributed by atoms with Gasteiger partial charge < -0.3 is 14.1 Å². The number of para-hydroxylation sites is 2. The number of likely N-dealkylation sites (N-methyl/N-ethyl adjacent to an activating group) is 1. The first-order valence-electron chi connectivity index (χ1n) is 10.9. The number of benzene rings is 4. The van der Waals surface area contributed by atoms with Crippen molar-refractivity contribution in [1.29, 1.82) is 0 Å². The molecule has 5 aromatic rings. The second kappa shape index (κ2) is 9.19. The SMILES string of the molecule is CN(Cc1ccccc1)C(=O)COC(=O)c1cccc2cccc(-c3nc4ccccc4o3)c12. The highest BCUT2D eigenvalue weighted by atomic mass is 16.5. The zero-order chi connectivity index (χ0) is 23.5. The van der Waals surface area contributed by atoms with Gasteiger partial charge in [-0.2, -0.15) is 0 Å². The highest BCUT2D eigenvalue weighted by Gasteiger charge is 2.20. The zero-order valence-electron chi connectivity index (χ0n) is 18.6. The summed E-state index contributed by atoms with van der Waals surface area (Å²) in [6.07, 6.45) is 0. The first-order valence-corrected chi connectivity index (χ1v) is 10.9. The minimum absolute atomic E-state index is 0.281. The number of hydrogen-bond donors (Lipinski definition) is 0. The molecule has 5 rings (SSSR count). The number of oxazole rings is 1. The summed E-state index contributed by atoms with van der Waals surface area (Å²) in [7, 11) is 1.69. The van der Waals surface area contributed by atoms with Gasteiger partial charge in [0.1, 0.15) is 5.52 Å². The summed E-state index contributed by atoms with van der Waals surface area (Å²) in [6.45, 7) is 0.0942.